The highest BCUT2D eigenvalue weighted by molar-refractivity contribution is 5.93. The summed E-state index contributed by atoms with van der Waals surface area (Å²) in [7, 11) is 1.90. The van der Waals surface area contributed by atoms with Crippen molar-refractivity contribution in [2.45, 2.75) is 13.8 Å². The second kappa shape index (κ2) is 6.72. The maximum absolute atomic E-state index is 11.7. The molecule has 1 amide bonds. The molecule has 0 aromatic carbocycles. The molecule has 4 N–H and O–H groups in total. The van der Waals surface area contributed by atoms with Gasteiger partial charge in [0.05, 0.1) is 5.84 Å². The van der Waals surface area contributed by atoms with Crippen LogP contribution in [0.15, 0.2) is 18.3 Å². The Morgan fingerprint density at radius 2 is 2.32 bits per heavy atom. The van der Waals surface area contributed by atoms with Crippen molar-refractivity contribution < 1.29 is 4.79 Å². The number of carbonyl (C=O) groups is 1. The molecule has 104 valence electrons. The Morgan fingerprint density at radius 1 is 1.63 bits per heavy atom. The lowest BCUT2D eigenvalue weighted by atomic mass is 10.1. The average Bonchev–Trinajstić information content (AvgIpc) is 2.39. The highest BCUT2D eigenvalue weighted by Gasteiger charge is 2.12. The molecular formula is C13H21N5O. The summed E-state index contributed by atoms with van der Waals surface area (Å²) >= 11 is 0. The molecule has 1 heterocycles. The van der Waals surface area contributed by atoms with E-state index in [1.54, 1.807) is 12.3 Å². The summed E-state index contributed by atoms with van der Waals surface area (Å²) in [4.78, 5) is 17.7. The molecule has 0 aliphatic carbocycles. The van der Waals surface area contributed by atoms with Crippen molar-refractivity contribution >= 4 is 17.4 Å². The lowest BCUT2D eigenvalue weighted by Gasteiger charge is -2.23. The number of hydrogen-bond acceptors (Lipinski definition) is 4. The fourth-order valence-corrected chi connectivity index (χ4v) is 1.65. The number of anilines is 1. The predicted molar refractivity (Wildman–Crippen MR) is 76.6 cm³/mol. The van der Waals surface area contributed by atoms with Gasteiger partial charge in [-0.1, -0.05) is 6.92 Å². The van der Waals surface area contributed by atoms with Crippen LogP contribution in [-0.2, 0) is 0 Å². The van der Waals surface area contributed by atoms with E-state index in [1.807, 2.05) is 31.9 Å². The number of nitrogens with zero attached hydrogens (tertiary/aromatic N) is 2. The maximum Gasteiger partial charge on any atom is 0.269 e. The molecule has 19 heavy (non-hydrogen) atoms. The number of rotatable bonds is 6. The van der Waals surface area contributed by atoms with Crippen LogP contribution in [0, 0.1) is 11.3 Å². The van der Waals surface area contributed by atoms with Gasteiger partial charge in [-0.15, -0.1) is 0 Å². The van der Waals surface area contributed by atoms with Crippen molar-refractivity contribution in [1.29, 1.82) is 5.41 Å². The molecule has 0 bridgehead atoms. The molecular weight excluding hydrogens is 242 g/mol. The standard InChI is InChI=1S/C13H21N5O/c1-4-16-13(19)11-7-10(5-6-17-11)18(3)8-9(2)12(14)15/h5-7,9H,4,8H2,1-3H3,(H3,14,15)(H,16,19). The van der Waals surface area contributed by atoms with Gasteiger partial charge in [0.2, 0.25) is 0 Å². The Kier molecular flexibility index (Phi) is 5.29. The molecule has 0 saturated heterocycles. The van der Waals surface area contributed by atoms with E-state index in [2.05, 4.69) is 10.3 Å². The molecule has 1 atom stereocenters. The second-order valence-corrected chi connectivity index (χ2v) is 4.50. The molecule has 0 saturated carbocycles. The minimum absolute atomic E-state index is 0.0360. The SMILES string of the molecule is CCNC(=O)c1cc(N(C)CC(C)C(=N)N)ccn1. The molecule has 6 nitrogen and oxygen atoms in total. The van der Waals surface area contributed by atoms with Gasteiger partial charge in [0.15, 0.2) is 0 Å². The number of pyridine rings is 1. The lowest BCUT2D eigenvalue weighted by molar-refractivity contribution is 0.0951. The van der Waals surface area contributed by atoms with Crippen LogP contribution in [0.2, 0.25) is 0 Å². The van der Waals surface area contributed by atoms with E-state index >= 15 is 0 Å². The van der Waals surface area contributed by atoms with Crippen LogP contribution < -0.4 is 16.0 Å². The van der Waals surface area contributed by atoms with E-state index in [0.717, 1.165) is 5.69 Å². The number of hydrogen-bond donors (Lipinski definition) is 3. The first kappa shape index (κ1) is 14.9. The third-order valence-corrected chi connectivity index (χ3v) is 2.83. The van der Waals surface area contributed by atoms with Crippen molar-refractivity contribution in [2.24, 2.45) is 11.7 Å². The summed E-state index contributed by atoms with van der Waals surface area (Å²) in [6.45, 7) is 4.95. The van der Waals surface area contributed by atoms with Gasteiger partial charge in [-0.05, 0) is 19.1 Å². The normalized spacial score (nSPS) is 11.7. The summed E-state index contributed by atoms with van der Waals surface area (Å²) < 4.78 is 0. The molecule has 1 aromatic rings. The van der Waals surface area contributed by atoms with Crippen LogP contribution in [0.4, 0.5) is 5.69 Å². The first-order valence-electron chi connectivity index (χ1n) is 6.25. The number of aromatic nitrogens is 1. The van der Waals surface area contributed by atoms with Crippen molar-refractivity contribution in [3.05, 3.63) is 24.0 Å². The van der Waals surface area contributed by atoms with Gasteiger partial charge in [0.25, 0.3) is 5.91 Å². The van der Waals surface area contributed by atoms with Crippen LogP contribution in [-0.4, -0.2) is 36.9 Å². The van der Waals surface area contributed by atoms with Crippen LogP contribution in [0.5, 0.6) is 0 Å². The first-order valence-corrected chi connectivity index (χ1v) is 6.25. The van der Waals surface area contributed by atoms with Gasteiger partial charge in [0.1, 0.15) is 5.69 Å². The molecule has 0 fully saturated rings. The van der Waals surface area contributed by atoms with Crippen molar-refractivity contribution in [3.63, 3.8) is 0 Å². The summed E-state index contributed by atoms with van der Waals surface area (Å²) in [6, 6.07) is 3.56. The van der Waals surface area contributed by atoms with Gasteiger partial charge in [-0.3, -0.25) is 15.2 Å². The third kappa shape index (κ3) is 4.24. The smallest absolute Gasteiger partial charge is 0.269 e. The Bertz CT molecular complexity index is 460. The summed E-state index contributed by atoms with van der Waals surface area (Å²) in [6.07, 6.45) is 1.61. The van der Waals surface area contributed by atoms with E-state index in [0.29, 0.717) is 18.8 Å². The largest absolute Gasteiger partial charge is 0.387 e. The molecule has 0 aliphatic rings. The molecule has 0 aliphatic heterocycles. The Labute approximate surface area is 113 Å². The molecule has 0 radical (unpaired) electrons. The Hall–Kier alpha value is -2.11. The van der Waals surface area contributed by atoms with Gasteiger partial charge in [-0.25, -0.2) is 0 Å². The van der Waals surface area contributed by atoms with Crippen molar-refractivity contribution in [2.75, 3.05) is 25.0 Å². The zero-order chi connectivity index (χ0) is 14.4. The van der Waals surface area contributed by atoms with Gasteiger partial charge in [-0.2, -0.15) is 0 Å². The van der Waals surface area contributed by atoms with Crippen LogP contribution in [0.25, 0.3) is 0 Å². The lowest BCUT2D eigenvalue weighted by Crippen LogP contribution is -2.32. The first-order chi connectivity index (χ1) is 8.95. The predicted octanol–water partition coefficient (Wildman–Crippen LogP) is 0.840. The molecule has 1 unspecified atom stereocenters. The van der Waals surface area contributed by atoms with E-state index in [1.165, 1.54) is 0 Å². The highest BCUT2D eigenvalue weighted by Crippen LogP contribution is 2.14. The molecule has 6 heteroatoms. The van der Waals surface area contributed by atoms with Crippen LogP contribution in [0.1, 0.15) is 24.3 Å². The van der Waals surface area contributed by atoms with Crippen molar-refractivity contribution in [3.8, 4) is 0 Å². The molecule has 0 spiro atoms. The minimum Gasteiger partial charge on any atom is -0.387 e. The summed E-state index contributed by atoms with van der Waals surface area (Å²) in [5.41, 5.74) is 6.73. The monoisotopic (exact) mass is 263 g/mol. The number of amidine groups is 1. The van der Waals surface area contributed by atoms with Crippen LogP contribution >= 0.6 is 0 Å². The summed E-state index contributed by atoms with van der Waals surface area (Å²) in [5, 5.41) is 10.1. The topological polar surface area (TPSA) is 95.1 Å². The molecule has 1 aromatic heterocycles. The average molecular weight is 263 g/mol. The fraction of sp³-hybridized carbons (Fsp3) is 0.462. The number of nitrogens with one attached hydrogen (secondary N) is 2. The van der Waals surface area contributed by atoms with Gasteiger partial charge < -0.3 is 16.0 Å². The van der Waals surface area contributed by atoms with E-state index in [4.69, 9.17) is 11.1 Å². The number of carbonyl (C=O) groups excluding carboxylic acids is 1. The minimum atomic E-state index is -0.183. The van der Waals surface area contributed by atoms with E-state index in [-0.39, 0.29) is 17.7 Å². The van der Waals surface area contributed by atoms with Gasteiger partial charge in [0, 0.05) is 37.9 Å². The highest BCUT2D eigenvalue weighted by atomic mass is 16.1. The number of nitrogens with two attached hydrogens (primary N) is 1. The van der Waals surface area contributed by atoms with Gasteiger partial charge >= 0.3 is 0 Å². The Morgan fingerprint density at radius 3 is 2.89 bits per heavy atom. The Balaban J connectivity index is 2.81. The zero-order valence-corrected chi connectivity index (χ0v) is 11.6. The fourth-order valence-electron chi connectivity index (χ4n) is 1.65. The maximum atomic E-state index is 11.7. The van der Waals surface area contributed by atoms with Crippen molar-refractivity contribution in [1.82, 2.24) is 10.3 Å². The zero-order valence-electron chi connectivity index (χ0n) is 11.6. The number of amides is 1. The molecule has 1 rings (SSSR count). The van der Waals surface area contributed by atoms with E-state index < -0.39 is 0 Å². The quantitative estimate of drug-likeness (QED) is 0.523. The second-order valence-electron chi connectivity index (χ2n) is 4.50. The summed E-state index contributed by atoms with van der Waals surface area (Å²) in [5.74, 6) is -0.0618. The van der Waals surface area contributed by atoms with E-state index in [9.17, 15) is 4.79 Å². The third-order valence-electron chi connectivity index (χ3n) is 2.83. The van der Waals surface area contributed by atoms with Crippen LogP contribution in [0.3, 0.4) is 0 Å².